The number of piperidine rings is 1. The summed E-state index contributed by atoms with van der Waals surface area (Å²) in [5.41, 5.74) is 5.58. The van der Waals surface area contributed by atoms with Crippen molar-refractivity contribution in [3.05, 3.63) is 65.2 Å². The predicted octanol–water partition coefficient (Wildman–Crippen LogP) is 2.23. The van der Waals surface area contributed by atoms with Gasteiger partial charge in [0.2, 0.25) is 11.8 Å². The van der Waals surface area contributed by atoms with Crippen molar-refractivity contribution in [1.82, 2.24) is 15.2 Å². The van der Waals surface area contributed by atoms with Gasteiger partial charge in [0.25, 0.3) is 5.91 Å². The lowest BCUT2D eigenvalue weighted by Gasteiger charge is -2.40. The first-order valence-corrected chi connectivity index (χ1v) is 12.5. The van der Waals surface area contributed by atoms with Crippen LogP contribution in [0.25, 0.3) is 0 Å². The molecule has 2 aliphatic rings. The average molecular weight is 526 g/mol. The van der Waals surface area contributed by atoms with Crippen molar-refractivity contribution in [2.45, 2.75) is 38.3 Å². The summed E-state index contributed by atoms with van der Waals surface area (Å²) in [5, 5.41) is 9.17. The van der Waals surface area contributed by atoms with Crippen molar-refractivity contribution in [1.29, 1.82) is 0 Å². The third-order valence-corrected chi connectivity index (χ3v) is 6.94. The molecule has 2 aliphatic heterocycles. The second kappa shape index (κ2) is 10.5. The van der Waals surface area contributed by atoms with Crippen LogP contribution in [0.5, 0.6) is 5.75 Å². The van der Waals surface area contributed by atoms with Gasteiger partial charge in [-0.05, 0) is 50.1 Å². The number of nitrogens with one attached hydrogen (secondary N) is 1. The highest BCUT2D eigenvalue weighted by molar-refractivity contribution is 6.30. The summed E-state index contributed by atoms with van der Waals surface area (Å²) in [6.07, 6.45) is 0.878. The van der Waals surface area contributed by atoms with Gasteiger partial charge in [-0.2, -0.15) is 5.10 Å². The molecule has 9 nitrogen and oxygen atoms in total. The van der Waals surface area contributed by atoms with Gasteiger partial charge in [0.15, 0.2) is 0 Å². The number of hydrogen-bond acceptors (Lipinski definition) is 6. The van der Waals surface area contributed by atoms with E-state index in [0.717, 1.165) is 11.3 Å². The van der Waals surface area contributed by atoms with E-state index in [2.05, 4.69) is 10.4 Å². The number of halogens is 1. The van der Waals surface area contributed by atoms with E-state index in [1.54, 1.807) is 50.1 Å². The minimum atomic E-state index is -1.20. The zero-order valence-electron chi connectivity index (χ0n) is 21.2. The maximum absolute atomic E-state index is 13.8. The molecule has 1 saturated heterocycles. The van der Waals surface area contributed by atoms with Gasteiger partial charge in [-0.25, -0.2) is 5.01 Å². The van der Waals surface area contributed by atoms with E-state index in [1.165, 1.54) is 5.01 Å². The average Bonchev–Trinajstić information content (AvgIpc) is 3.11. The van der Waals surface area contributed by atoms with E-state index in [-0.39, 0.29) is 25.0 Å². The highest BCUT2D eigenvalue weighted by atomic mass is 35.5. The van der Waals surface area contributed by atoms with Crippen LogP contribution in [0.3, 0.4) is 0 Å². The first kappa shape index (κ1) is 26.6. The standard InChI is InChI=1S/C27H32ClN5O4/c1-26(2,29)24(35)30-21(16-37-20-11-9-19(28)10-12-20)23(34)33-14-13-22-27(17-33,25(36)32(3)31-22)15-18-7-5-4-6-8-18/h4-12,21H,13-17,29H2,1-3H3,(H,30,35). The summed E-state index contributed by atoms with van der Waals surface area (Å²) in [7, 11) is 1.64. The number of benzene rings is 2. The lowest BCUT2D eigenvalue weighted by atomic mass is 9.73. The van der Waals surface area contributed by atoms with Gasteiger partial charge in [-0.1, -0.05) is 41.9 Å². The van der Waals surface area contributed by atoms with Gasteiger partial charge < -0.3 is 20.7 Å². The second-order valence-electron chi connectivity index (χ2n) is 10.1. The number of amides is 3. The molecule has 0 bridgehead atoms. The Balaban J connectivity index is 1.58. The van der Waals surface area contributed by atoms with Gasteiger partial charge in [-0.3, -0.25) is 14.4 Å². The molecule has 2 heterocycles. The summed E-state index contributed by atoms with van der Waals surface area (Å²) >= 11 is 5.95. The SMILES string of the molecule is CN1N=C2CCN(C(=O)C(COc3ccc(Cl)cc3)NC(=O)C(C)(C)N)CC2(Cc2ccccc2)C1=O. The molecular formula is C27H32ClN5O4. The first-order chi connectivity index (χ1) is 17.5. The number of ether oxygens (including phenoxy) is 1. The van der Waals surface area contributed by atoms with Gasteiger partial charge in [-0.15, -0.1) is 0 Å². The lowest BCUT2D eigenvalue weighted by Crippen LogP contribution is -2.62. The number of carbonyl (C=O) groups is 3. The van der Waals surface area contributed by atoms with Gasteiger partial charge in [0.1, 0.15) is 23.8 Å². The van der Waals surface area contributed by atoms with Gasteiger partial charge >= 0.3 is 0 Å². The van der Waals surface area contributed by atoms with Gasteiger partial charge in [0.05, 0.1) is 11.3 Å². The Morgan fingerprint density at radius 3 is 2.51 bits per heavy atom. The molecule has 196 valence electrons. The van der Waals surface area contributed by atoms with Crippen molar-refractivity contribution in [3.8, 4) is 5.75 Å². The van der Waals surface area contributed by atoms with Crippen LogP contribution in [0, 0.1) is 5.41 Å². The highest BCUT2D eigenvalue weighted by Crippen LogP contribution is 2.38. The molecule has 37 heavy (non-hydrogen) atoms. The minimum absolute atomic E-state index is 0.112. The molecular weight excluding hydrogens is 494 g/mol. The Labute approximate surface area is 221 Å². The van der Waals surface area contributed by atoms with Crippen LogP contribution in [0.15, 0.2) is 59.7 Å². The lowest BCUT2D eigenvalue weighted by molar-refractivity contribution is -0.143. The van der Waals surface area contributed by atoms with Crippen molar-refractivity contribution in [3.63, 3.8) is 0 Å². The van der Waals surface area contributed by atoms with Crippen molar-refractivity contribution in [2.75, 3.05) is 26.7 Å². The number of hydrazone groups is 1. The molecule has 1 fully saturated rings. The molecule has 0 saturated carbocycles. The van der Waals surface area contributed by atoms with Crippen molar-refractivity contribution < 1.29 is 19.1 Å². The van der Waals surface area contributed by atoms with Crippen molar-refractivity contribution in [2.24, 2.45) is 16.3 Å². The molecule has 0 aromatic heterocycles. The largest absolute Gasteiger partial charge is 0.491 e. The third-order valence-electron chi connectivity index (χ3n) is 6.69. The first-order valence-electron chi connectivity index (χ1n) is 12.2. The van der Waals surface area contributed by atoms with Crippen LogP contribution in [0.1, 0.15) is 25.8 Å². The van der Waals surface area contributed by atoms with E-state index >= 15 is 0 Å². The summed E-state index contributed by atoms with van der Waals surface area (Å²) in [6, 6.07) is 15.4. The number of fused-ring (bicyclic) bond motifs is 1. The molecule has 2 unspecified atom stereocenters. The number of nitrogens with zero attached hydrogens (tertiary/aromatic N) is 3. The van der Waals surface area contributed by atoms with Crippen LogP contribution in [0.4, 0.5) is 0 Å². The molecule has 3 N–H and O–H groups in total. The Morgan fingerprint density at radius 2 is 1.86 bits per heavy atom. The molecule has 4 rings (SSSR count). The van der Waals surface area contributed by atoms with E-state index in [1.807, 2.05) is 30.3 Å². The maximum Gasteiger partial charge on any atom is 0.256 e. The summed E-state index contributed by atoms with van der Waals surface area (Å²) in [4.78, 5) is 41.6. The van der Waals surface area contributed by atoms with Crippen molar-refractivity contribution >= 4 is 35.0 Å². The van der Waals surface area contributed by atoms with E-state index in [4.69, 9.17) is 22.1 Å². The maximum atomic E-state index is 13.8. The Morgan fingerprint density at radius 1 is 1.19 bits per heavy atom. The van der Waals surface area contributed by atoms with Crippen LogP contribution in [0.2, 0.25) is 5.02 Å². The van der Waals surface area contributed by atoms with E-state index < -0.39 is 22.9 Å². The smallest absolute Gasteiger partial charge is 0.256 e. The molecule has 2 aromatic carbocycles. The topological polar surface area (TPSA) is 117 Å². The number of likely N-dealkylation sites (tertiary alicyclic amines) is 1. The molecule has 2 aromatic rings. The van der Waals surface area contributed by atoms with Crippen LogP contribution < -0.4 is 15.8 Å². The molecule has 0 spiro atoms. The van der Waals surface area contributed by atoms with E-state index in [0.29, 0.717) is 30.2 Å². The highest BCUT2D eigenvalue weighted by Gasteiger charge is 2.54. The third kappa shape index (κ3) is 5.78. The quantitative estimate of drug-likeness (QED) is 0.548. The normalized spacial score (nSPS) is 20.2. The second-order valence-corrected chi connectivity index (χ2v) is 10.6. The molecule has 2 atom stereocenters. The molecule has 3 amide bonds. The van der Waals surface area contributed by atoms with Crippen LogP contribution >= 0.6 is 11.6 Å². The number of nitrogens with two attached hydrogens (primary N) is 1. The van der Waals surface area contributed by atoms with Gasteiger partial charge in [0, 0.05) is 31.6 Å². The Bertz CT molecular complexity index is 1200. The summed E-state index contributed by atoms with van der Waals surface area (Å²) in [5.74, 6) is -0.476. The van der Waals surface area contributed by atoms with Crippen LogP contribution in [-0.4, -0.2) is 71.7 Å². The number of hydrogen-bond donors (Lipinski definition) is 2. The zero-order valence-corrected chi connectivity index (χ0v) is 22.0. The Hall–Kier alpha value is -3.43. The molecule has 10 heteroatoms. The summed E-state index contributed by atoms with van der Waals surface area (Å²) < 4.78 is 5.83. The Kier molecular flexibility index (Phi) is 7.57. The predicted molar refractivity (Wildman–Crippen MR) is 141 cm³/mol. The number of rotatable bonds is 8. The molecule has 0 aliphatic carbocycles. The number of carbonyl (C=O) groups excluding carboxylic acids is 3. The minimum Gasteiger partial charge on any atom is -0.491 e. The molecule has 0 radical (unpaired) electrons. The fourth-order valence-corrected chi connectivity index (χ4v) is 4.79. The fourth-order valence-electron chi connectivity index (χ4n) is 4.66. The zero-order chi connectivity index (χ0) is 26.8. The summed E-state index contributed by atoms with van der Waals surface area (Å²) in [6.45, 7) is 3.54. The fraction of sp³-hybridized carbons (Fsp3) is 0.407. The van der Waals surface area contributed by atoms with Crippen LogP contribution in [-0.2, 0) is 20.8 Å². The monoisotopic (exact) mass is 525 g/mol. The van der Waals surface area contributed by atoms with E-state index in [9.17, 15) is 14.4 Å².